The maximum atomic E-state index is 12.4. The van der Waals surface area contributed by atoms with Gasteiger partial charge in [-0.15, -0.1) is 13.2 Å². The van der Waals surface area contributed by atoms with Gasteiger partial charge in [0.15, 0.2) is 0 Å². The second-order valence-electron chi connectivity index (χ2n) is 6.48. The maximum absolute atomic E-state index is 12.4. The van der Waals surface area contributed by atoms with Gasteiger partial charge in [-0.3, -0.25) is 4.79 Å². The lowest BCUT2D eigenvalue weighted by Gasteiger charge is -2.11. The van der Waals surface area contributed by atoms with Crippen molar-refractivity contribution in [3.05, 3.63) is 65.9 Å². The fourth-order valence-corrected chi connectivity index (χ4v) is 2.69. The first-order chi connectivity index (χ1) is 14.7. The van der Waals surface area contributed by atoms with Crippen molar-refractivity contribution >= 4 is 29.0 Å². The molecule has 0 aliphatic rings. The number of carbonyl (C=O) groups excluding carboxylic acids is 1. The zero-order valence-corrected chi connectivity index (χ0v) is 16.7. The first-order valence-electron chi connectivity index (χ1n) is 9.35. The number of rotatable bonds is 7. The van der Waals surface area contributed by atoms with Crippen molar-refractivity contribution in [2.45, 2.75) is 20.2 Å². The maximum Gasteiger partial charge on any atom is 0.573 e. The van der Waals surface area contributed by atoms with E-state index in [0.29, 0.717) is 24.0 Å². The number of benzene rings is 2. The molecule has 7 nitrogen and oxygen atoms in total. The van der Waals surface area contributed by atoms with Gasteiger partial charge >= 0.3 is 6.36 Å². The van der Waals surface area contributed by atoms with Crippen LogP contribution in [0.4, 0.5) is 36.3 Å². The van der Waals surface area contributed by atoms with Crippen LogP contribution in [0.5, 0.6) is 5.75 Å². The second kappa shape index (κ2) is 9.33. The Morgan fingerprint density at radius 2 is 1.74 bits per heavy atom. The highest BCUT2D eigenvalue weighted by Crippen LogP contribution is 2.24. The number of alkyl halides is 3. The van der Waals surface area contributed by atoms with Crippen molar-refractivity contribution < 1.29 is 22.7 Å². The monoisotopic (exact) mass is 431 g/mol. The number of nitrogens with zero attached hydrogens (tertiary/aromatic N) is 2. The zero-order chi connectivity index (χ0) is 22.4. The summed E-state index contributed by atoms with van der Waals surface area (Å²) in [7, 11) is 0. The number of ether oxygens (including phenoxy) is 1. The fraction of sp³-hybridized carbons (Fsp3) is 0.190. The molecule has 0 aliphatic carbocycles. The summed E-state index contributed by atoms with van der Waals surface area (Å²) in [6.07, 6.45) is -4.83. The van der Waals surface area contributed by atoms with E-state index in [2.05, 4.69) is 30.7 Å². The van der Waals surface area contributed by atoms with Crippen LogP contribution in [0, 0.1) is 6.92 Å². The number of carbonyl (C=O) groups is 1. The van der Waals surface area contributed by atoms with E-state index in [1.54, 1.807) is 30.3 Å². The van der Waals surface area contributed by atoms with Gasteiger partial charge in [-0.25, -0.2) is 4.98 Å². The molecule has 0 spiro atoms. The number of hydrogen-bond donors (Lipinski definition) is 3. The molecular formula is C21H20F3N5O2. The summed E-state index contributed by atoms with van der Waals surface area (Å²) in [5.74, 6) is 0.110. The van der Waals surface area contributed by atoms with Crippen LogP contribution in [0.1, 0.15) is 23.0 Å². The summed E-state index contributed by atoms with van der Waals surface area (Å²) in [5, 5.41) is 8.85. The van der Waals surface area contributed by atoms with Gasteiger partial charge in [0, 0.05) is 35.2 Å². The summed E-state index contributed by atoms with van der Waals surface area (Å²) in [5.41, 5.74) is 2.05. The fourth-order valence-electron chi connectivity index (χ4n) is 2.69. The van der Waals surface area contributed by atoms with Gasteiger partial charge in [0.2, 0.25) is 5.95 Å². The van der Waals surface area contributed by atoms with Gasteiger partial charge in [0.05, 0.1) is 0 Å². The molecule has 0 aliphatic heterocycles. The molecule has 1 aromatic heterocycles. The lowest BCUT2D eigenvalue weighted by molar-refractivity contribution is -0.274. The molecule has 3 rings (SSSR count). The highest BCUT2D eigenvalue weighted by atomic mass is 19.4. The van der Waals surface area contributed by atoms with Crippen molar-refractivity contribution in [3.8, 4) is 5.75 Å². The lowest BCUT2D eigenvalue weighted by atomic mass is 10.2. The molecule has 0 bridgehead atoms. The molecule has 0 radical (unpaired) electrons. The molecule has 0 unspecified atom stereocenters. The number of aryl methyl sites for hydroxylation is 1. The third-order valence-corrected chi connectivity index (χ3v) is 3.93. The van der Waals surface area contributed by atoms with E-state index in [1.807, 2.05) is 13.8 Å². The Kier molecular flexibility index (Phi) is 6.58. The highest BCUT2D eigenvalue weighted by Gasteiger charge is 2.31. The summed E-state index contributed by atoms with van der Waals surface area (Å²) >= 11 is 0. The smallest absolute Gasteiger partial charge is 0.406 e. The molecule has 3 N–H and O–H groups in total. The van der Waals surface area contributed by atoms with Crippen LogP contribution < -0.4 is 20.7 Å². The van der Waals surface area contributed by atoms with Crippen LogP contribution >= 0.6 is 0 Å². The normalized spacial score (nSPS) is 11.0. The van der Waals surface area contributed by atoms with Crippen LogP contribution in [0.15, 0.2) is 54.6 Å². The predicted molar refractivity (Wildman–Crippen MR) is 112 cm³/mol. The molecule has 0 atom stereocenters. The molecule has 1 heterocycles. The summed E-state index contributed by atoms with van der Waals surface area (Å²) in [4.78, 5) is 21.0. The van der Waals surface area contributed by atoms with Gasteiger partial charge in [-0.1, -0.05) is 6.07 Å². The largest absolute Gasteiger partial charge is 0.573 e. The third kappa shape index (κ3) is 6.59. The molecule has 1 amide bonds. The van der Waals surface area contributed by atoms with Crippen molar-refractivity contribution in [2.75, 3.05) is 22.5 Å². The van der Waals surface area contributed by atoms with E-state index >= 15 is 0 Å². The summed E-state index contributed by atoms with van der Waals surface area (Å²) in [6, 6.07) is 13.5. The first kappa shape index (κ1) is 21.9. The average Bonchev–Trinajstić information content (AvgIpc) is 2.68. The number of nitrogens with one attached hydrogen (secondary N) is 3. The number of anilines is 4. The second-order valence-corrected chi connectivity index (χ2v) is 6.48. The third-order valence-electron chi connectivity index (χ3n) is 3.93. The quantitative estimate of drug-likeness (QED) is 0.482. The van der Waals surface area contributed by atoms with Crippen LogP contribution in [0.3, 0.4) is 0 Å². The average molecular weight is 431 g/mol. The van der Waals surface area contributed by atoms with Crippen molar-refractivity contribution in [1.29, 1.82) is 0 Å². The number of hydrogen-bond acceptors (Lipinski definition) is 6. The Hall–Kier alpha value is -3.82. The minimum Gasteiger partial charge on any atom is -0.406 e. The molecule has 0 saturated carbocycles. The van der Waals surface area contributed by atoms with Crippen LogP contribution in [0.2, 0.25) is 0 Å². The molecule has 2 aromatic carbocycles. The van der Waals surface area contributed by atoms with Gasteiger partial charge in [-0.05, 0) is 56.3 Å². The van der Waals surface area contributed by atoms with Gasteiger partial charge in [-0.2, -0.15) is 4.98 Å². The van der Waals surface area contributed by atoms with Crippen LogP contribution in [-0.4, -0.2) is 28.8 Å². The molecule has 10 heteroatoms. The van der Waals surface area contributed by atoms with E-state index in [-0.39, 0.29) is 5.56 Å². The van der Waals surface area contributed by atoms with E-state index in [0.717, 1.165) is 23.5 Å². The Morgan fingerprint density at radius 1 is 1.03 bits per heavy atom. The predicted octanol–water partition coefficient (Wildman–Crippen LogP) is 5.11. The molecule has 0 fully saturated rings. The first-order valence-corrected chi connectivity index (χ1v) is 9.35. The minimum atomic E-state index is -4.83. The Labute approximate surface area is 176 Å². The Bertz CT molecular complexity index is 1060. The number of amides is 1. The molecule has 0 saturated heterocycles. The lowest BCUT2D eigenvalue weighted by Crippen LogP contribution is -2.18. The minimum absolute atomic E-state index is 0.0383. The van der Waals surface area contributed by atoms with Crippen LogP contribution in [0.25, 0.3) is 0 Å². The molecule has 31 heavy (non-hydrogen) atoms. The topological polar surface area (TPSA) is 88.2 Å². The van der Waals surface area contributed by atoms with E-state index in [9.17, 15) is 18.0 Å². The SMILES string of the molecule is CCNc1nc(C)cc(Nc2ccc(NC(=O)c3cccc(OC(F)(F)F)c3)cc2)n1. The number of halogens is 3. The summed E-state index contributed by atoms with van der Waals surface area (Å²) < 4.78 is 40.9. The van der Waals surface area contributed by atoms with E-state index in [1.165, 1.54) is 12.1 Å². The standard InChI is InChI=1S/C21H20F3N5O2/c1-3-25-20-26-13(2)11-18(29-20)27-15-7-9-16(10-8-15)28-19(30)14-5-4-6-17(12-14)31-21(22,23)24/h4-12H,3H2,1-2H3,(H,28,30)(H2,25,26,27,29). The van der Waals surface area contributed by atoms with Crippen molar-refractivity contribution in [2.24, 2.45) is 0 Å². The van der Waals surface area contributed by atoms with Gasteiger partial charge in [0.1, 0.15) is 11.6 Å². The van der Waals surface area contributed by atoms with Gasteiger partial charge < -0.3 is 20.7 Å². The summed E-state index contributed by atoms with van der Waals surface area (Å²) in [6.45, 7) is 4.51. The van der Waals surface area contributed by atoms with Crippen molar-refractivity contribution in [3.63, 3.8) is 0 Å². The molecule has 162 valence electrons. The Balaban J connectivity index is 1.66. The zero-order valence-electron chi connectivity index (χ0n) is 16.7. The highest BCUT2D eigenvalue weighted by molar-refractivity contribution is 6.04. The molecular weight excluding hydrogens is 411 g/mol. The van der Waals surface area contributed by atoms with Crippen molar-refractivity contribution in [1.82, 2.24) is 9.97 Å². The van der Waals surface area contributed by atoms with E-state index < -0.39 is 18.0 Å². The number of aromatic nitrogens is 2. The van der Waals surface area contributed by atoms with E-state index in [4.69, 9.17) is 0 Å². The van der Waals surface area contributed by atoms with Gasteiger partial charge in [0.25, 0.3) is 5.91 Å². The molecule has 3 aromatic rings. The Morgan fingerprint density at radius 3 is 2.42 bits per heavy atom. The van der Waals surface area contributed by atoms with Crippen LogP contribution in [-0.2, 0) is 0 Å².